The minimum absolute atomic E-state index is 0.0680. The Balaban J connectivity index is 1.96. The molecular weight excluding hydrogens is 402 g/mol. The van der Waals surface area contributed by atoms with Crippen molar-refractivity contribution in [2.75, 3.05) is 38.1 Å². The summed E-state index contributed by atoms with van der Waals surface area (Å²) in [7, 11) is 1.86. The van der Waals surface area contributed by atoms with Gasteiger partial charge in [0.15, 0.2) is 5.54 Å². The summed E-state index contributed by atoms with van der Waals surface area (Å²) in [5, 5.41) is 3.64. The number of halogens is 1. The number of anilines is 1. The van der Waals surface area contributed by atoms with E-state index in [2.05, 4.69) is 46.1 Å². The number of amides is 1. The molecule has 0 saturated heterocycles. The van der Waals surface area contributed by atoms with Gasteiger partial charge in [0.2, 0.25) is 0 Å². The third kappa shape index (κ3) is 3.56. The van der Waals surface area contributed by atoms with Gasteiger partial charge in [0.05, 0.1) is 5.69 Å². The fourth-order valence-electron chi connectivity index (χ4n) is 3.99. The normalized spacial score (nSPS) is 19.0. The van der Waals surface area contributed by atoms with Gasteiger partial charge in [-0.15, -0.1) is 0 Å². The molecule has 27 heavy (non-hydrogen) atoms. The molecule has 1 heterocycles. The second kappa shape index (κ2) is 8.55. The summed E-state index contributed by atoms with van der Waals surface area (Å²) in [6.45, 7) is 8.28. The van der Waals surface area contributed by atoms with Gasteiger partial charge in [0, 0.05) is 17.1 Å². The summed E-state index contributed by atoms with van der Waals surface area (Å²) in [4.78, 5) is 17.7. The SMILES string of the molecule is CCN(CC)CCCN[C@]1(c2ccccc2)C(=O)N(C)c2c(Br)cccc21. The van der Waals surface area contributed by atoms with Gasteiger partial charge in [0.1, 0.15) is 0 Å². The lowest BCUT2D eigenvalue weighted by atomic mass is 9.83. The van der Waals surface area contributed by atoms with Crippen molar-refractivity contribution in [1.29, 1.82) is 0 Å². The molecule has 144 valence electrons. The number of para-hydroxylation sites is 1. The van der Waals surface area contributed by atoms with E-state index in [1.807, 2.05) is 49.5 Å². The first-order chi connectivity index (χ1) is 13.1. The molecule has 2 aromatic carbocycles. The van der Waals surface area contributed by atoms with Crippen molar-refractivity contribution in [2.45, 2.75) is 25.8 Å². The van der Waals surface area contributed by atoms with Crippen LogP contribution in [0.2, 0.25) is 0 Å². The van der Waals surface area contributed by atoms with Crippen molar-refractivity contribution in [3.63, 3.8) is 0 Å². The Bertz CT molecular complexity index is 791. The largest absolute Gasteiger partial charge is 0.312 e. The van der Waals surface area contributed by atoms with Crippen LogP contribution in [0.1, 0.15) is 31.4 Å². The summed E-state index contributed by atoms with van der Waals surface area (Å²) in [5.41, 5.74) is 2.11. The number of nitrogens with zero attached hydrogens (tertiary/aromatic N) is 2. The maximum atomic E-state index is 13.5. The lowest BCUT2D eigenvalue weighted by Crippen LogP contribution is -2.51. The monoisotopic (exact) mass is 429 g/mol. The first-order valence-corrected chi connectivity index (χ1v) is 10.5. The van der Waals surface area contributed by atoms with E-state index >= 15 is 0 Å². The van der Waals surface area contributed by atoms with Crippen molar-refractivity contribution in [2.24, 2.45) is 0 Å². The van der Waals surface area contributed by atoms with E-state index in [1.54, 1.807) is 4.90 Å². The lowest BCUT2D eigenvalue weighted by Gasteiger charge is -2.31. The fraction of sp³-hybridized carbons (Fsp3) is 0.409. The third-order valence-electron chi connectivity index (χ3n) is 5.49. The van der Waals surface area contributed by atoms with Gasteiger partial charge in [-0.3, -0.25) is 10.1 Å². The predicted molar refractivity (Wildman–Crippen MR) is 115 cm³/mol. The fourth-order valence-corrected chi connectivity index (χ4v) is 4.62. The zero-order valence-electron chi connectivity index (χ0n) is 16.3. The number of carbonyl (C=O) groups excluding carboxylic acids is 1. The van der Waals surface area contributed by atoms with Crippen LogP contribution in [0, 0.1) is 0 Å². The molecule has 0 radical (unpaired) electrons. The first-order valence-electron chi connectivity index (χ1n) is 9.66. The molecule has 4 nitrogen and oxygen atoms in total. The maximum Gasteiger partial charge on any atom is 0.256 e. The standard InChI is InChI=1S/C22H28BrN3O/c1-4-26(5-2)16-10-15-24-22(17-11-7-6-8-12-17)18-13-9-14-19(23)20(18)25(3)21(22)27/h6-9,11-14,24H,4-5,10,15-16H2,1-3H3/t22-/m0/s1. The maximum absolute atomic E-state index is 13.5. The van der Waals surface area contributed by atoms with Crippen LogP contribution in [0.15, 0.2) is 53.0 Å². The first kappa shape index (κ1) is 20.1. The van der Waals surface area contributed by atoms with E-state index in [1.165, 1.54) is 0 Å². The molecule has 1 amide bonds. The van der Waals surface area contributed by atoms with Gasteiger partial charge in [0.25, 0.3) is 5.91 Å². The van der Waals surface area contributed by atoms with Crippen LogP contribution in [0.3, 0.4) is 0 Å². The van der Waals surface area contributed by atoms with Crippen molar-refractivity contribution < 1.29 is 4.79 Å². The minimum Gasteiger partial charge on any atom is -0.312 e. The van der Waals surface area contributed by atoms with Crippen molar-refractivity contribution in [3.05, 3.63) is 64.1 Å². The molecule has 0 spiro atoms. The second-order valence-electron chi connectivity index (χ2n) is 6.92. The molecule has 1 aliphatic heterocycles. The Morgan fingerprint density at radius 1 is 1.07 bits per heavy atom. The van der Waals surface area contributed by atoms with Gasteiger partial charge in [-0.2, -0.15) is 0 Å². The Morgan fingerprint density at radius 3 is 2.44 bits per heavy atom. The topological polar surface area (TPSA) is 35.6 Å². The Kier molecular flexibility index (Phi) is 6.35. The van der Waals surface area contributed by atoms with Crippen LogP contribution < -0.4 is 10.2 Å². The molecular formula is C22H28BrN3O. The summed E-state index contributed by atoms with van der Waals surface area (Å²) in [6, 6.07) is 16.1. The van der Waals surface area contributed by atoms with E-state index in [4.69, 9.17) is 0 Å². The molecule has 0 fully saturated rings. The van der Waals surface area contributed by atoms with Crippen LogP contribution in [0.25, 0.3) is 0 Å². The quantitative estimate of drug-likeness (QED) is 0.644. The highest BCUT2D eigenvalue weighted by molar-refractivity contribution is 9.10. The van der Waals surface area contributed by atoms with E-state index in [0.717, 1.165) is 53.9 Å². The number of carbonyl (C=O) groups is 1. The molecule has 0 aromatic heterocycles. The van der Waals surface area contributed by atoms with Crippen molar-refractivity contribution >= 4 is 27.5 Å². The molecule has 1 aliphatic rings. The Morgan fingerprint density at radius 2 is 1.78 bits per heavy atom. The Labute approximate surface area is 170 Å². The van der Waals surface area contributed by atoms with E-state index in [0.29, 0.717) is 0 Å². The molecule has 3 rings (SSSR count). The number of hydrogen-bond acceptors (Lipinski definition) is 3. The summed E-state index contributed by atoms with van der Waals surface area (Å²) in [6.07, 6.45) is 0.997. The highest BCUT2D eigenvalue weighted by Gasteiger charge is 2.51. The van der Waals surface area contributed by atoms with Crippen LogP contribution in [0.5, 0.6) is 0 Å². The lowest BCUT2D eigenvalue weighted by molar-refractivity contribution is -0.122. The zero-order chi connectivity index (χ0) is 19.4. The molecule has 1 atom stereocenters. The summed E-state index contributed by atoms with van der Waals surface area (Å²) < 4.78 is 0.943. The van der Waals surface area contributed by atoms with Gasteiger partial charge in [-0.05, 0) is 60.2 Å². The zero-order valence-corrected chi connectivity index (χ0v) is 17.9. The molecule has 0 saturated carbocycles. The van der Waals surface area contributed by atoms with Crippen LogP contribution >= 0.6 is 15.9 Å². The third-order valence-corrected chi connectivity index (χ3v) is 6.13. The summed E-state index contributed by atoms with van der Waals surface area (Å²) >= 11 is 3.63. The average Bonchev–Trinajstić information content (AvgIpc) is 2.92. The molecule has 5 heteroatoms. The number of hydrogen-bond donors (Lipinski definition) is 1. The van der Waals surface area contributed by atoms with Crippen LogP contribution in [0.4, 0.5) is 5.69 Å². The van der Waals surface area contributed by atoms with Crippen molar-refractivity contribution in [3.8, 4) is 0 Å². The molecule has 0 aliphatic carbocycles. The molecule has 2 aromatic rings. The van der Waals surface area contributed by atoms with Crippen LogP contribution in [-0.2, 0) is 10.3 Å². The van der Waals surface area contributed by atoms with Crippen LogP contribution in [-0.4, -0.2) is 44.0 Å². The highest BCUT2D eigenvalue weighted by atomic mass is 79.9. The van der Waals surface area contributed by atoms with Gasteiger partial charge in [-0.25, -0.2) is 0 Å². The van der Waals surface area contributed by atoms with Crippen molar-refractivity contribution in [1.82, 2.24) is 10.2 Å². The predicted octanol–water partition coefficient (Wildman–Crippen LogP) is 3.99. The highest BCUT2D eigenvalue weighted by Crippen LogP contribution is 2.46. The minimum atomic E-state index is -0.835. The Hall–Kier alpha value is -1.69. The van der Waals surface area contributed by atoms with E-state index in [9.17, 15) is 4.79 Å². The molecule has 0 unspecified atom stereocenters. The molecule has 0 bridgehead atoms. The number of benzene rings is 2. The van der Waals surface area contributed by atoms with Gasteiger partial charge >= 0.3 is 0 Å². The smallest absolute Gasteiger partial charge is 0.256 e. The van der Waals surface area contributed by atoms with Gasteiger partial charge in [-0.1, -0.05) is 56.3 Å². The van der Waals surface area contributed by atoms with E-state index < -0.39 is 5.54 Å². The number of rotatable bonds is 8. The average molecular weight is 430 g/mol. The van der Waals surface area contributed by atoms with E-state index in [-0.39, 0.29) is 5.91 Å². The van der Waals surface area contributed by atoms with Gasteiger partial charge < -0.3 is 9.80 Å². The number of likely N-dealkylation sites (N-methyl/N-ethyl adjacent to an activating group) is 1. The number of nitrogens with one attached hydrogen (secondary N) is 1. The molecule has 1 N–H and O–H groups in total. The second-order valence-corrected chi connectivity index (χ2v) is 7.78. The summed E-state index contributed by atoms with van der Waals surface area (Å²) in [5.74, 6) is 0.0680. The number of fused-ring (bicyclic) bond motifs is 1.